The molecule has 1 aromatic carbocycles. The minimum absolute atomic E-state index is 0.0207. The predicted octanol–water partition coefficient (Wildman–Crippen LogP) is 3.12. The Balaban J connectivity index is 1.65. The van der Waals surface area contributed by atoms with Gasteiger partial charge in [-0.2, -0.15) is 13.2 Å². The fourth-order valence-corrected chi connectivity index (χ4v) is 2.94. The summed E-state index contributed by atoms with van der Waals surface area (Å²) in [5.41, 5.74) is 1.40. The zero-order valence-electron chi connectivity index (χ0n) is 14.3. The maximum absolute atomic E-state index is 13.0. The van der Waals surface area contributed by atoms with Crippen LogP contribution < -0.4 is 5.32 Å². The molecule has 0 aliphatic carbocycles. The molecule has 1 unspecified atom stereocenters. The molecule has 0 bridgehead atoms. The highest BCUT2D eigenvalue weighted by Gasteiger charge is 2.42. The molecule has 1 amide bonds. The Kier molecular flexibility index (Phi) is 5.11. The highest BCUT2D eigenvalue weighted by molar-refractivity contribution is 5.97. The molecule has 0 fully saturated rings. The molecule has 1 aliphatic heterocycles. The van der Waals surface area contributed by atoms with Crippen LogP contribution in [0.4, 0.5) is 13.2 Å². The number of carbonyl (C=O) groups is 1. The number of aromatic nitrogens is 3. The average molecular weight is 364 g/mol. The number of alkyl halides is 3. The minimum Gasteiger partial charge on any atom is -0.345 e. The van der Waals surface area contributed by atoms with Gasteiger partial charge in [0.15, 0.2) is 5.82 Å². The summed E-state index contributed by atoms with van der Waals surface area (Å²) >= 11 is 0. The summed E-state index contributed by atoms with van der Waals surface area (Å²) < 4.78 is 40.4. The van der Waals surface area contributed by atoms with Crippen LogP contribution in [0, 0.1) is 5.92 Å². The Morgan fingerprint density at radius 1 is 1.31 bits per heavy atom. The first kappa shape index (κ1) is 18.2. The Morgan fingerprint density at radius 2 is 2.04 bits per heavy atom. The Hall–Kier alpha value is -2.64. The Bertz CT molecular complexity index is 812. The van der Waals surface area contributed by atoms with Gasteiger partial charge in [-0.05, 0) is 25.0 Å². The third-order valence-electron chi connectivity index (χ3n) is 4.43. The van der Waals surface area contributed by atoms with Crippen LogP contribution >= 0.6 is 0 Å². The van der Waals surface area contributed by atoms with E-state index >= 15 is 0 Å². The zero-order chi connectivity index (χ0) is 18.7. The number of benzene rings is 1. The molecule has 138 valence electrons. The number of hydrogen-bond donors (Lipinski definition) is 1. The molecule has 5 nitrogen and oxygen atoms in total. The van der Waals surface area contributed by atoms with Gasteiger partial charge in [0.2, 0.25) is 5.91 Å². The fourth-order valence-electron chi connectivity index (χ4n) is 2.94. The lowest BCUT2D eigenvalue weighted by Crippen LogP contribution is -2.34. The molecular weight excluding hydrogens is 345 g/mol. The van der Waals surface area contributed by atoms with Crippen molar-refractivity contribution < 1.29 is 18.0 Å². The second-order valence-corrected chi connectivity index (χ2v) is 6.34. The highest BCUT2D eigenvalue weighted by Crippen LogP contribution is 2.34. The van der Waals surface area contributed by atoms with Gasteiger partial charge in [0.05, 0.1) is 12.5 Å². The lowest BCUT2D eigenvalue weighted by atomic mass is 9.99. The minimum atomic E-state index is -4.24. The molecular formula is C18H19F3N4O. The van der Waals surface area contributed by atoms with Crippen LogP contribution in [0.3, 0.4) is 0 Å². The molecule has 0 radical (unpaired) electrons. The number of nitrogens with zero attached hydrogens (tertiary/aromatic N) is 3. The average Bonchev–Trinajstić information content (AvgIpc) is 3.02. The van der Waals surface area contributed by atoms with Crippen molar-refractivity contribution >= 4 is 12.0 Å². The van der Waals surface area contributed by atoms with Gasteiger partial charge in [-0.3, -0.25) is 4.79 Å². The third kappa shape index (κ3) is 4.12. The second kappa shape index (κ2) is 7.31. The lowest BCUT2D eigenvalue weighted by Gasteiger charge is -2.26. The van der Waals surface area contributed by atoms with Crippen molar-refractivity contribution in [1.29, 1.82) is 0 Å². The van der Waals surface area contributed by atoms with Gasteiger partial charge in [0, 0.05) is 18.5 Å². The van der Waals surface area contributed by atoms with Gasteiger partial charge < -0.3 is 9.88 Å². The van der Waals surface area contributed by atoms with Crippen molar-refractivity contribution in [2.24, 2.45) is 5.92 Å². The van der Waals surface area contributed by atoms with E-state index in [-0.39, 0.29) is 31.8 Å². The quantitative estimate of drug-likeness (QED) is 0.848. The SMILES string of the molecule is CC(=Cc1ccccc1)C(=O)NCc1nnc2n1CC(C(F)(F)F)CC2. The smallest absolute Gasteiger partial charge is 0.345 e. The standard InChI is InChI=1S/C18H19F3N4O/c1-12(9-13-5-3-2-4-6-13)17(26)22-10-16-24-23-15-8-7-14(11-25(15)16)18(19,20)21/h2-6,9,14H,7-8,10-11H2,1H3,(H,22,26). The number of fused-ring (bicyclic) bond motifs is 1. The molecule has 1 atom stereocenters. The van der Waals surface area contributed by atoms with Crippen LogP contribution in [0.15, 0.2) is 35.9 Å². The second-order valence-electron chi connectivity index (χ2n) is 6.34. The molecule has 8 heteroatoms. The van der Waals surface area contributed by atoms with E-state index in [1.54, 1.807) is 13.0 Å². The first-order chi connectivity index (χ1) is 12.3. The van der Waals surface area contributed by atoms with E-state index in [9.17, 15) is 18.0 Å². The summed E-state index contributed by atoms with van der Waals surface area (Å²) in [6, 6.07) is 9.38. The maximum Gasteiger partial charge on any atom is 0.393 e. The fraction of sp³-hybridized carbons (Fsp3) is 0.389. The van der Waals surface area contributed by atoms with Crippen molar-refractivity contribution in [3.05, 3.63) is 53.1 Å². The van der Waals surface area contributed by atoms with Crippen molar-refractivity contribution in [1.82, 2.24) is 20.1 Å². The van der Waals surface area contributed by atoms with Crippen LogP contribution in [0.1, 0.15) is 30.6 Å². The monoisotopic (exact) mass is 364 g/mol. The molecule has 2 heterocycles. The molecule has 0 saturated heterocycles. The number of halogens is 3. The first-order valence-electron chi connectivity index (χ1n) is 8.34. The van der Waals surface area contributed by atoms with E-state index in [2.05, 4.69) is 15.5 Å². The number of carbonyl (C=O) groups excluding carboxylic acids is 1. The molecule has 26 heavy (non-hydrogen) atoms. The Morgan fingerprint density at radius 3 is 2.73 bits per heavy atom. The number of amides is 1. The molecule has 3 rings (SSSR count). The Labute approximate surface area is 148 Å². The van der Waals surface area contributed by atoms with Crippen LogP contribution in [0.25, 0.3) is 6.08 Å². The lowest BCUT2D eigenvalue weighted by molar-refractivity contribution is -0.182. The van der Waals surface area contributed by atoms with Crippen molar-refractivity contribution in [2.75, 3.05) is 0 Å². The molecule has 0 spiro atoms. The summed E-state index contributed by atoms with van der Waals surface area (Å²) in [5.74, 6) is -0.823. The van der Waals surface area contributed by atoms with Gasteiger partial charge in [-0.25, -0.2) is 0 Å². The summed E-state index contributed by atoms with van der Waals surface area (Å²) in [6.07, 6.45) is -2.24. The highest BCUT2D eigenvalue weighted by atomic mass is 19.4. The topological polar surface area (TPSA) is 59.8 Å². The van der Waals surface area contributed by atoms with Gasteiger partial charge in [-0.1, -0.05) is 30.3 Å². The zero-order valence-corrected chi connectivity index (χ0v) is 14.3. The molecule has 1 aliphatic rings. The normalized spacial score (nSPS) is 17.7. The first-order valence-corrected chi connectivity index (χ1v) is 8.34. The number of aryl methyl sites for hydroxylation is 1. The van der Waals surface area contributed by atoms with E-state index < -0.39 is 12.1 Å². The number of rotatable bonds is 4. The third-order valence-corrected chi connectivity index (χ3v) is 4.43. The van der Waals surface area contributed by atoms with Crippen LogP contribution in [0.5, 0.6) is 0 Å². The number of nitrogens with one attached hydrogen (secondary N) is 1. The van der Waals surface area contributed by atoms with Crippen LogP contribution in [0.2, 0.25) is 0 Å². The number of hydrogen-bond acceptors (Lipinski definition) is 3. The van der Waals surface area contributed by atoms with Gasteiger partial charge in [-0.15, -0.1) is 10.2 Å². The van der Waals surface area contributed by atoms with Crippen molar-refractivity contribution in [2.45, 2.75) is 39.0 Å². The molecule has 1 aromatic heterocycles. The van der Waals surface area contributed by atoms with Crippen molar-refractivity contribution in [3.63, 3.8) is 0 Å². The van der Waals surface area contributed by atoms with Gasteiger partial charge in [0.1, 0.15) is 5.82 Å². The summed E-state index contributed by atoms with van der Waals surface area (Å²) in [7, 11) is 0. The predicted molar refractivity (Wildman–Crippen MR) is 89.8 cm³/mol. The van der Waals surface area contributed by atoms with E-state index in [0.717, 1.165) is 5.56 Å². The maximum atomic E-state index is 13.0. The molecule has 1 N–H and O–H groups in total. The van der Waals surface area contributed by atoms with E-state index in [4.69, 9.17) is 0 Å². The van der Waals surface area contributed by atoms with Crippen molar-refractivity contribution in [3.8, 4) is 0 Å². The van der Waals surface area contributed by atoms with Gasteiger partial charge in [0.25, 0.3) is 0 Å². The van der Waals surface area contributed by atoms with E-state index in [1.807, 2.05) is 30.3 Å². The van der Waals surface area contributed by atoms with Crippen LogP contribution in [-0.4, -0.2) is 26.8 Å². The van der Waals surface area contributed by atoms with Crippen LogP contribution in [-0.2, 0) is 24.3 Å². The summed E-state index contributed by atoms with van der Waals surface area (Å²) in [6.45, 7) is 1.52. The van der Waals surface area contributed by atoms with E-state index in [0.29, 0.717) is 17.2 Å². The summed E-state index contributed by atoms with van der Waals surface area (Å²) in [4.78, 5) is 12.2. The molecule has 0 saturated carbocycles. The van der Waals surface area contributed by atoms with E-state index in [1.165, 1.54) is 4.57 Å². The van der Waals surface area contributed by atoms with Gasteiger partial charge >= 0.3 is 6.18 Å². The summed E-state index contributed by atoms with van der Waals surface area (Å²) in [5, 5.41) is 10.6. The molecule has 2 aromatic rings. The largest absolute Gasteiger partial charge is 0.393 e.